The van der Waals surface area contributed by atoms with Crippen molar-refractivity contribution in [1.82, 2.24) is 10.7 Å². The van der Waals surface area contributed by atoms with Gasteiger partial charge in [-0.3, -0.25) is 9.59 Å². The van der Waals surface area contributed by atoms with E-state index in [1.807, 2.05) is 18.2 Å². The Bertz CT molecular complexity index is 1180. The molecule has 0 spiro atoms. The van der Waals surface area contributed by atoms with Gasteiger partial charge in [0.25, 0.3) is 11.8 Å². The first-order valence-electron chi connectivity index (χ1n) is 10.1. The second-order valence-corrected chi connectivity index (χ2v) is 7.68. The number of rotatable bonds is 8. The Morgan fingerprint density at radius 2 is 1.73 bits per heavy atom. The number of nitrogens with one attached hydrogen (secondary N) is 2. The van der Waals surface area contributed by atoms with Crippen LogP contribution in [0.1, 0.15) is 28.4 Å². The second kappa shape index (κ2) is 11.6. The Labute approximate surface area is 199 Å². The summed E-state index contributed by atoms with van der Waals surface area (Å²) in [4.78, 5) is 25.4. The highest BCUT2D eigenvalue weighted by molar-refractivity contribution is 9.10. The van der Waals surface area contributed by atoms with Gasteiger partial charge >= 0.3 is 0 Å². The van der Waals surface area contributed by atoms with Gasteiger partial charge in [0.1, 0.15) is 5.70 Å². The van der Waals surface area contributed by atoms with E-state index < -0.39 is 11.8 Å². The highest BCUT2D eigenvalue weighted by atomic mass is 79.9. The molecule has 0 bridgehead atoms. The number of nitrogens with zero attached hydrogens (tertiary/aromatic N) is 1. The van der Waals surface area contributed by atoms with E-state index in [1.165, 1.54) is 6.21 Å². The number of phenolic OH excluding ortho intramolecular Hbond substituents is 1. The SMILES string of the molecule is CCOc1cc(Br)cc(C=NNC(=O)/C(=C\c2ccccc2)NC(=O)c2ccccc2)c1O. The van der Waals surface area contributed by atoms with E-state index in [2.05, 4.69) is 31.8 Å². The van der Waals surface area contributed by atoms with Crippen molar-refractivity contribution in [3.05, 3.63) is 99.7 Å². The predicted octanol–water partition coefficient (Wildman–Crippen LogP) is 4.47. The van der Waals surface area contributed by atoms with Gasteiger partial charge in [0.2, 0.25) is 0 Å². The zero-order chi connectivity index (χ0) is 23.6. The van der Waals surface area contributed by atoms with Crippen LogP contribution in [-0.4, -0.2) is 29.7 Å². The predicted molar refractivity (Wildman–Crippen MR) is 131 cm³/mol. The van der Waals surface area contributed by atoms with E-state index >= 15 is 0 Å². The molecule has 7 nitrogen and oxygen atoms in total. The zero-order valence-corrected chi connectivity index (χ0v) is 19.4. The number of aromatic hydroxyl groups is 1. The molecule has 0 atom stereocenters. The third-order valence-electron chi connectivity index (χ3n) is 4.38. The molecule has 168 valence electrons. The van der Waals surface area contributed by atoms with Gasteiger partial charge in [-0.1, -0.05) is 64.5 Å². The lowest BCUT2D eigenvalue weighted by Crippen LogP contribution is -2.32. The Kier molecular flexibility index (Phi) is 8.37. The number of hydrazone groups is 1. The highest BCUT2D eigenvalue weighted by Crippen LogP contribution is 2.32. The first-order valence-corrected chi connectivity index (χ1v) is 10.9. The molecule has 0 aromatic heterocycles. The average Bonchev–Trinajstić information content (AvgIpc) is 2.82. The van der Waals surface area contributed by atoms with Gasteiger partial charge in [0.05, 0.1) is 12.8 Å². The number of amides is 2. The Morgan fingerprint density at radius 1 is 1.06 bits per heavy atom. The number of halogens is 1. The summed E-state index contributed by atoms with van der Waals surface area (Å²) in [5.41, 5.74) is 3.88. The van der Waals surface area contributed by atoms with E-state index in [0.29, 0.717) is 28.0 Å². The topological polar surface area (TPSA) is 100 Å². The van der Waals surface area contributed by atoms with E-state index in [-0.39, 0.29) is 11.4 Å². The standard InChI is InChI=1S/C25H22BrN3O4/c1-2-33-22-15-20(26)14-19(23(22)30)16-27-29-25(32)21(13-17-9-5-3-6-10-17)28-24(31)18-11-7-4-8-12-18/h3-16,30H,2H2,1H3,(H,28,31)(H,29,32)/b21-13+,27-16?. The Hall–Kier alpha value is -3.91. The molecule has 0 radical (unpaired) electrons. The van der Waals surface area contributed by atoms with E-state index in [9.17, 15) is 14.7 Å². The quantitative estimate of drug-likeness (QED) is 0.238. The lowest BCUT2D eigenvalue weighted by atomic mass is 10.1. The number of hydrogen-bond acceptors (Lipinski definition) is 5. The molecule has 0 fully saturated rings. The van der Waals surface area contributed by atoms with Crippen molar-refractivity contribution < 1.29 is 19.4 Å². The number of hydrogen-bond donors (Lipinski definition) is 3. The third-order valence-corrected chi connectivity index (χ3v) is 4.84. The molecule has 0 aliphatic rings. The highest BCUT2D eigenvalue weighted by Gasteiger charge is 2.15. The van der Waals surface area contributed by atoms with Crippen LogP contribution in [0.3, 0.4) is 0 Å². The van der Waals surface area contributed by atoms with Gasteiger partial charge in [-0.2, -0.15) is 5.10 Å². The molecule has 3 aromatic rings. The second-order valence-electron chi connectivity index (χ2n) is 6.76. The minimum absolute atomic E-state index is 0.0145. The summed E-state index contributed by atoms with van der Waals surface area (Å²) in [6, 6.07) is 20.9. The van der Waals surface area contributed by atoms with Crippen molar-refractivity contribution in [3.63, 3.8) is 0 Å². The zero-order valence-electron chi connectivity index (χ0n) is 17.8. The van der Waals surface area contributed by atoms with Gasteiger partial charge in [-0.25, -0.2) is 5.43 Å². The molecule has 0 aliphatic carbocycles. The van der Waals surface area contributed by atoms with Crippen LogP contribution in [0.4, 0.5) is 0 Å². The number of benzene rings is 3. The van der Waals surface area contributed by atoms with Gasteiger partial charge in [0.15, 0.2) is 11.5 Å². The molecule has 33 heavy (non-hydrogen) atoms. The molecule has 2 amide bonds. The number of carbonyl (C=O) groups is 2. The van der Waals surface area contributed by atoms with Crippen molar-refractivity contribution in [2.24, 2.45) is 5.10 Å². The maximum Gasteiger partial charge on any atom is 0.287 e. The Morgan fingerprint density at radius 3 is 2.39 bits per heavy atom. The molecule has 0 saturated heterocycles. The van der Waals surface area contributed by atoms with Crippen molar-refractivity contribution >= 4 is 40.0 Å². The summed E-state index contributed by atoms with van der Waals surface area (Å²) in [5, 5.41) is 16.9. The largest absolute Gasteiger partial charge is 0.504 e. The molecule has 3 aromatic carbocycles. The fourth-order valence-electron chi connectivity index (χ4n) is 2.84. The molecule has 8 heteroatoms. The van der Waals surface area contributed by atoms with E-state index in [4.69, 9.17) is 4.74 Å². The summed E-state index contributed by atoms with van der Waals surface area (Å²) in [6.07, 6.45) is 2.84. The summed E-state index contributed by atoms with van der Waals surface area (Å²) < 4.78 is 6.07. The summed E-state index contributed by atoms with van der Waals surface area (Å²) in [6.45, 7) is 2.19. The first kappa shape index (κ1) is 23.7. The van der Waals surface area contributed by atoms with Crippen LogP contribution in [0.25, 0.3) is 6.08 Å². The maximum absolute atomic E-state index is 12.8. The fraction of sp³-hybridized carbons (Fsp3) is 0.0800. The fourth-order valence-corrected chi connectivity index (χ4v) is 3.29. The number of carbonyl (C=O) groups excluding carboxylic acids is 2. The average molecular weight is 508 g/mol. The van der Waals surface area contributed by atoms with Crippen molar-refractivity contribution in [2.45, 2.75) is 6.92 Å². The Balaban J connectivity index is 1.81. The van der Waals surface area contributed by atoms with Crippen LogP contribution >= 0.6 is 15.9 Å². The monoisotopic (exact) mass is 507 g/mol. The van der Waals surface area contributed by atoms with Crippen molar-refractivity contribution in [1.29, 1.82) is 0 Å². The van der Waals surface area contributed by atoms with Crippen LogP contribution < -0.4 is 15.5 Å². The molecule has 0 unspecified atom stereocenters. The maximum atomic E-state index is 12.8. The van der Waals surface area contributed by atoms with Crippen LogP contribution in [0.2, 0.25) is 0 Å². The van der Waals surface area contributed by atoms with Gasteiger partial charge in [-0.15, -0.1) is 0 Å². The van der Waals surface area contributed by atoms with Gasteiger partial charge in [0, 0.05) is 15.6 Å². The van der Waals surface area contributed by atoms with Crippen LogP contribution in [0.5, 0.6) is 11.5 Å². The minimum atomic E-state index is -0.626. The van der Waals surface area contributed by atoms with Gasteiger partial charge < -0.3 is 15.2 Å². The lowest BCUT2D eigenvalue weighted by molar-refractivity contribution is -0.117. The normalized spacial score (nSPS) is 11.3. The molecule has 0 aliphatic heterocycles. The van der Waals surface area contributed by atoms with Gasteiger partial charge in [-0.05, 0) is 42.8 Å². The molecular formula is C25H22BrN3O4. The van der Waals surface area contributed by atoms with E-state index in [0.717, 1.165) is 5.56 Å². The van der Waals surface area contributed by atoms with Crippen LogP contribution in [0.15, 0.2) is 88.1 Å². The van der Waals surface area contributed by atoms with Crippen LogP contribution in [-0.2, 0) is 4.79 Å². The third kappa shape index (κ3) is 6.78. The molecule has 3 rings (SSSR count). The summed E-state index contributed by atoms with van der Waals surface area (Å²) >= 11 is 3.35. The minimum Gasteiger partial charge on any atom is -0.504 e. The number of ether oxygens (including phenoxy) is 1. The first-order chi connectivity index (χ1) is 16.0. The molecule has 0 heterocycles. The molecule has 3 N–H and O–H groups in total. The van der Waals surface area contributed by atoms with Crippen molar-refractivity contribution in [3.8, 4) is 11.5 Å². The van der Waals surface area contributed by atoms with Crippen LogP contribution in [0, 0.1) is 0 Å². The lowest BCUT2D eigenvalue weighted by Gasteiger charge is -2.10. The smallest absolute Gasteiger partial charge is 0.287 e. The molecule has 0 saturated carbocycles. The van der Waals surface area contributed by atoms with Crippen molar-refractivity contribution in [2.75, 3.05) is 6.61 Å². The number of phenols is 1. The summed E-state index contributed by atoms with van der Waals surface area (Å²) in [5.74, 6) is -0.864. The summed E-state index contributed by atoms with van der Waals surface area (Å²) in [7, 11) is 0. The molecular weight excluding hydrogens is 486 g/mol. The van der Waals surface area contributed by atoms with E-state index in [1.54, 1.807) is 67.6 Å².